The van der Waals surface area contributed by atoms with Crippen LogP contribution in [0.5, 0.6) is 0 Å². The van der Waals surface area contributed by atoms with Gasteiger partial charge in [-0.3, -0.25) is 10.1 Å². The summed E-state index contributed by atoms with van der Waals surface area (Å²) in [7, 11) is -3.95. The first kappa shape index (κ1) is 18.0. The predicted molar refractivity (Wildman–Crippen MR) is 97.3 cm³/mol. The molecule has 25 heavy (non-hydrogen) atoms. The summed E-state index contributed by atoms with van der Waals surface area (Å²) in [6.07, 6.45) is 3.41. The largest absolute Gasteiger partial charge is 0.289 e. The van der Waals surface area contributed by atoms with E-state index in [1.165, 1.54) is 28.6 Å². The third-order valence-corrected chi connectivity index (χ3v) is 7.50. The lowest BCUT2D eigenvalue weighted by Gasteiger charge is -2.28. The number of rotatable bonds is 4. The maximum absolute atomic E-state index is 13.3. The normalized spacial score (nSPS) is 19.5. The topological polar surface area (TPSA) is 80.5 Å². The molecule has 3 rings (SSSR count). The number of nitrogens with zero attached hydrogens (tertiary/aromatic N) is 2. The summed E-state index contributed by atoms with van der Waals surface area (Å²) in [5.74, 6) is 0. The van der Waals surface area contributed by atoms with Gasteiger partial charge in [0, 0.05) is 22.4 Å². The Morgan fingerprint density at radius 1 is 1.16 bits per heavy atom. The Hall–Kier alpha value is -1.77. The quantitative estimate of drug-likeness (QED) is 0.586. The van der Waals surface area contributed by atoms with E-state index >= 15 is 0 Å². The van der Waals surface area contributed by atoms with E-state index in [4.69, 9.17) is 0 Å². The number of sulfonamides is 1. The molecular weight excluding hydrogens is 360 g/mol. The average molecular weight is 380 g/mol. The van der Waals surface area contributed by atoms with Crippen molar-refractivity contribution >= 4 is 27.0 Å². The minimum Gasteiger partial charge on any atom is -0.258 e. The predicted octanol–water partition coefficient (Wildman–Crippen LogP) is 4.27. The second kappa shape index (κ2) is 7.23. The first-order valence-electron chi connectivity index (χ1n) is 8.23. The fraction of sp³-hybridized carbons (Fsp3) is 0.412. The maximum atomic E-state index is 13.3. The van der Waals surface area contributed by atoms with E-state index in [2.05, 4.69) is 0 Å². The lowest BCUT2D eigenvalue weighted by atomic mass is 10.1. The van der Waals surface area contributed by atoms with Gasteiger partial charge < -0.3 is 0 Å². The van der Waals surface area contributed by atoms with Crippen molar-refractivity contribution in [2.24, 2.45) is 0 Å². The van der Waals surface area contributed by atoms with Gasteiger partial charge in [-0.1, -0.05) is 25.0 Å². The van der Waals surface area contributed by atoms with Gasteiger partial charge in [-0.05, 0) is 38.0 Å². The molecule has 1 saturated heterocycles. The molecule has 2 aromatic rings. The van der Waals surface area contributed by atoms with Crippen molar-refractivity contribution in [1.29, 1.82) is 0 Å². The lowest BCUT2D eigenvalue weighted by Crippen LogP contribution is -2.34. The summed E-state index contributed by atoms with van der Waals surface area (Å²) in [6.45, 7) is 2.38. The number of para-hydroxylation sites is 1. The van der Waals surface area contributed by atoms with E-state index in [-0.39, 0.29) is 16.6 Å². The third kappa shape index (κ3) is 3.61. The second-order valence-electron chi connectivity index (χ2n) is 6.15. The van der Waals surface area contributed by atoms with E-state index in [1.807, 2.05) is 19.1 Å². The maximum Gasteiger partial charge on any atom is 0.289 e. The summed E-state index contributed by atoms with van der Waals surface area (Å²) in [4.78, 5) is 12.6. The van der Waals surface area contributed by atoms with Gasteiger partial charge in [-0.15, -0.1) is 11.3 Å². The van der Waals surface area contributed by atoms with Crippen LogP contribution < -0.4 is 0 Å². The summed E-state index contributed by atoms with van der Waals surface area (Å²) in [5.41, 5.74) is -0.368. The number of hydrogen-bond acceptors (Lipinski definition) is 5. The standard InChI is InChI=1S/C17H20N2O4S2/c1-13-10-11-16(24-13)14-7-3-2-6-12-18(14)25(22,23)17-9-5-4-8-15(17)19(20)21/h4-5,8-11,14H,2-3,6-7,12H2,1H3. The number of nitro groups is 1. The Balaban J connectivity index is 2.08. The van der Waals surface area contributed by atoms with Crippen LogP contribution in [-0.4, -0.2) is 24.2 Å². The molecule has 0 aliphatic carbocycles. The number of benzene rings is 1. The molecule has 1 aromatic carbocycles. The van der Waals surface area contributed by atoms with Crippen LogP contribution in [0.25, 0.3) is 0 Å². The molecular formula is C17H20N2O4S2. The molecule has 1 atom stereocenters. The molecule has 2 heterocycles. The number of nitro benzene ring substituents is 1. The number of aryl methyl sites for hydroxylation is 1. The van der Waals surface area contributed by atoms with Crippen molar-refractivity contribution in [3.05, 3.63) is 56.3 Å². The highest BCUT2D eigenvalue weighted by Gasteiger charge is 2.37. The monoisotopic (exact) mass is 380 g/mol. The molecule has 1 aliphatic rings. The van der Waals surface area contributed by atoms with Crippen molar-refractivity contribution in [3.8, 4) is 0 Å². The molecule has 1 aliphatic heterocycles. The SMILES string of the molecule is Cc1ccc(C2CCCCCN2S(=O)(=O)c2ccccc2[N+](=O)[O-])s1. The molecule has 0 bridgehead atoms. The fourth-order valence-electron chi connectivity index (χ4n) is 3.24. The summed E-state index contributed by atoms with van der Waals surface area (Å²) < 4.78 is 28.0. The van der Waals surface area contributed by atoms with Gasteiger partial charge in [0.15, 0.2) is 4.90 Å². The zero-order valence-corrected chi connectivity index (χ0v) is 15.6. The fourth-order valence-corrected chi connectivity index (χ4v) is 6.16. The zero-order valence-electron chi connectivity index (χ0n) is 13.9. The molecule has 134 valence electrons. The van der Waals surface area contributed by atoms with E-state index in [0.717, 1.165) is 35.4 Å². The second-order valence-corrected chi connectivity index (χ2v) is 9.33. The first-order chi connectivity index (χ1) is 11.9. The summed E-state index contributed by atoms with van der Waals surface area (Å²) in [5, 5.41) is 11.3. The van der Waals surface area contributed by atoms with E-state index < -0.39 is 14.9 Å². The van der Waals surface area contributed by atoms with Gasteiger partial charge in [0.2, 0.25) is 10.0 Å². The highest BCUT2D eigenvalue weighted by atomic mass is 32.2. The first-order valence-corrected chi connectivity index (χ1v) is 10.5. The smallest absolute Gasteiger partial charge is 0.258 e. The highest BCUT2D eigenvalue weighted by molar-refractivity contribution is 7.89. The van der Waals surface area contributed by atoms with Gasteiger partial charge >= 0.3 is 0 Å². The molecule has 1 fully saturated rings. The summed E-state index contributed by atoms with van der Waals surface area (Å²) >= 11 is 1.59. The van der Waals surface area contributed by atoms with Gasteiger partial charge in [-0.25, -0.2) is 8.42 Å². The molecule has 8 heteroatoms. The Kier molecular flexibility index (Phi) is 5.21. The van der Waals surface area contributed by atoms with E-state index in [1.54, 1.807) is 11.3 Å². The molecule has 0 saturated carbocycles. The van der Waals surface area contributed by atoms with Gasteiger partial charge in [0.05, 0.1) is 11.0 Å². The van der Waals surface area contributed by atoms with Crippen molar-refractivity contribution in [2.45, 2.75) is 43.5 Å². The zero-order chi connectivity index (χ0) is 18.0. The third-order valence-electron chi connectivity index (χ3n) is 4.44. The van der Waals surface area contributed by atoms with Crippen LogP contribution in [0.1, 0.15) is 41.5 Å². The Morgan fingerprint density at radius 3 is 2.60 bits per heavy atom. The van der Waals surface area contributed by atoms with Crippen LogP contribution >= 0.6 is 11.3 Å². The van der Waals surface area contributed by atoms with Crippen LogP contribution in [0.3, 0.4) is 0 Å². The molecule has 1 unspecified atom stereocenters. The highest BCUT2D eigenvalue weighted by Crippen LogP contribution is 2.39. The van der Waals surface area contributed by atoms with Crippen LogP contribution in [0.2, 0.25) is 0 Å². The van der Waals surface area contributed by atoms with Crippen molar-refractivity contribution in [1.82, 2.24) is 4.31 Å². The molecule has 0 N–H and O–H groups in total. The van der Waals surface area contributed by atoms with Crippen LogP contribution in [0, 0.1) is 17.0 Å². The van der Waals surface area contributed by atoms with Crippen molar-refractivity contribution < 1.29 is 13.3 Å². The van der Waals surface area contributed by atoms with Gasteiger partial charge in [0.1, 0.15) is 0 Å². The molecule has 0 spiro atoms. The summed E-state index contributed by atoms with van der Waals surface area (Å²) in [6, 6.07) is 9.29. The molecule has 0 radical (unpaired) electrons. The van der Waals surface area contributed by atoms with Crippen LogP contribution in [0.4, 0.5) is 5.69 Å². The Labute approximate surface area is 151 Å². The van der Waals surface area contributed by atoms with Crippen molar-refractivity contribution in [2.75, 3.05) is 6.54 Å². The minimum atomic E-state index is -3.95. The van der Waals surface area contributed by atoms with Gasteiger partial charge in [0.25, 0.3) is 5.69 Å². The molecule has 6 nitrogen and oxygen atoms in total. The van der Waals surface area contributed by atoms with Crippen molar-refractivity contribution in [3.63, 3.8) is 0 Å². The van der Waals surface area contributed by atoms with Gasteiger partial charge in [-0.2, -0.15) is 4.31 Å². The molecule has 0 amide bonds. The molecule has 1 aromatic heterocycles. The minimum absolute atomic E-state index is 0.222. The van der Waals surface area contributed by atoms with Crippen LogP contribution in [-0.2, 0) is 10.0 Å². The average Bonchev–Trinajstić information content (AvgIpc) is 2.86. The Bertz CT molecular complexity index is 876. The number of thiophene rings is 1. The van der Waals surface area contributed by atoms with E-state index in [9.17, 15) is 18.5 Å². The number of hydrogen-bond donors (Lipinski definition) is 0. The van der Waals surface area contributed by atoms with E-state index in [0.29, 0.717) is 6.54 Å². The Morgan fingerprint density at radius 2 is 1.92 bits per heavy atom. The van der Waals surface area contributed by atoms with Crippen LogP contribution in [0.15, 0.2) is 41.3 Å². The lowest BCUT2D eigenvalue weighted by molar-refractivity contribution is -0.387.